The highest BCUT2D eigenvalue weighted by molar-refractivity contribution is 5.92. The fraction of sp³-hybridized carbons (Fsp3) is 0.103. The molecule has 0 heterocycles. The van der Waals surface area contributed by atoms with Crippen molar-refractivity contribution in [2.24, 2.45) is 0 Å². The molecule has 0 bridgehead atoms. The molecule has 0 unspecified atom stereocenters. The number of ether oxygens (including phenoxy) is 3. The first-order valence-electron chi connectivity index (χ1n) is 11.1. The maximum atomic E-state index is 12.5. The van der Waals surface area contributed by atoms with Crippen molar-refractivity contribution in [3.05, 3.63) is 108 Å². The zero-order chi connectivity index (χ0) is 24.8. The molecular weight excluding hydrogens is 444 g/mol. The predicted molar refractivity (Wildman–Crippen MR) is 132 cm³/mol. The summed E-state index contributed by atoms with van der Waals surface area (Å²) in [5.74, 6) is 0.678. The Labute approximate surface area is 203 Å². The Morgan fingerprint density at radius 2 is 1.20 bits per heavy atom. The van der Waals surface area contributed by atoms with Crippen LogP contribution in [0.4, 0.5) is 0 Å². The quantitative estimate of drug-likeness (QED) is 0.262. The van der Waals surface area contributed by atoms with Crippen LogP contribution < -0.4 is 14.2 Å². The summed E-state index contributed by atoms with van der Waals surface area (Å²) in [6.07, 6.45) is 0.737. The van der Waals surface area contributed by atoms with E-state index in [0.717, 1.165) is 23.1 Å². The number of benzene rings is 4. The van der Waals surface area contributed by atoms with E-state index in [2.05, 4.69) is 0 Å². The topological polar surface area (TPSA) is 82.1 Å². The maximum Gasteiger partial charge on any atom is 0.343 e. The van der Waals surface area contributed by atoms with Gasteiger partial charge in [0.25, 0.3) is 0 Å². The molecule has 0 aliphatic carbocycles. The standard InChI is InChI=1S/C29H24O6/c1-3-19-18-26(35-29(32)22-8-12-24(33-2)13-9-22)16-17-27(19)20-6-14-25(15-7-20)34-28(31)21-4-10-23(30)11-5-21/h4-18,30H,3H2,1-2H3. The lowest BCUT2D eigenvalue weighted by molar-refractivity contribution is 0.0725. The van der Waals surface area contributed by atoms with Crippen molar-refractivity contribution < 1.29 is 28.9 Å². The average molecular weight is 469 g/mol. The number of phenolic OH excluding ortho intramolecular Hbond substituents is 1. The Morgan fingerprint density at radius 1 is 0.686 bits per heavy atom. The number of carbonyl (C=O) groups excluding carboxylic acids is 2. The highest BCUT2D eigenvalue weighted by Crippen LogP contribution is 2.30. The molecule has 4 rings (SSSR count). The Morgan fingerprint density at radius 3 is 1.77 bits per heavy atom. The van der Waals surface area contributed by atoms with Crippen LogP contribution in [-0.4, -0.2) is 24.2 Å². The van der Waals surface area contributed by atoms with Crippen LogP contribution in [0.1, 0.15) is 33.2 Å². The van der Waals surface area contributed by atoms with E-state index in [0.29, 0.717) is 28.4 Å². The maximum absolute atomic E-state index is 12.5. The number of carbonyl (C=O) groups is 2. The van der Waals surface area contributed by atoms with Crippen molar-refractivity contribution in [2.45, 2.75) is 13.3 Å². The van der Waals surface area contributed by atoms with Crippen LogP contribution in [-0.2, 0) is 6.42 Å². The van der Waals surface area contributed by atoms with Gasteiger partial charge in [-0.3, -0.25) is 0 Å². The van der Waals surface area contributed by atoms with Crippen LogP contribution in [0.25, 0.3) is 11.1 Å². The number of phenols is 1. The van der Waals surface area contributed by atoms with Gasteiger partial charge in [0.1, 0.15) is 23.0 Å². The van der Waals surface area contributed by atoms with Crippen LogP contribution in [0, 0.1) is 0 Å². The molecule has 0 atom stereocenters. The molecule has 4 aromatic rings. The predicted octanol–water partition coefficient (Wildman–Crippen LogP) is 6.07. The van der Waals surface area contributed by atoms with E-state index >= 15 is 0 Å². The van der Waals surface area contributed by atoms with Gasteiger partial charge in [0.2, 0.25) is 0 Å². The largest absolute Gasteiger partial charge is 0.508 e. The number of esters is 2. The molecule has 6 heteroatoms. The number of rotatable bonds is 7. The second kappa shape index (κ2) is 10.6. The molecule has 0 amide bonds. The third-order valence-corrected chi connectivity index (χ3v) is 5.47. The lowest BCUT2D eigenvalue weighted by atomic mass is 9.98. The molecule has 6 nitrogen and oxygen atoms in total. The summed E-state index contributed by atoms with van der Waals surface area (Å²) >= 11 is 0. The van der Waals surface area contributed by atoms with E-state index in [9.17, 15) is 14.7 Å². The van der Waals surface area contributed by atoms with Gasteiger partial charge in [-0.1, -0.05) is 25.1 Å². The van der Waals surface area contributed by atoms with Crippen molar-refractivity contribution in [3.8, 4) is 34.1 Å². The minimum absolute atomic E-state index is 0.0825. The second-order valence-electron chi connectivity index (χ2n) is 7.75. The summed E-state index contributed by atoms with van der Waals surface area (Å²) in [5.41, 5.74) is 3.73. The highest BCUT2D eigenvalue weighted by Gasteiger charge is 2.13. The minimum atomic E-state index is -0.505. The zero-order valence-corrected chi connectivity index (χ0v) is 19.4. The first kappa shape index (κ1) is 23.6. The van der Waals surface area contributed by atoms with Crippen LogP contribution >= 0.6 is 0 Å². The minimum Gasteiger partial charge on any atom is -0.508 e. The Bertz CT molecular complexity index is 1320. The van der Waals surface area contributed by atoms with E-state index in [1.165, 1.54) is 24.3 Å². The fourth-order valence-corrected chi connectivity index (χ4v) is 3.57. The van der Waals surface area contributed by atoms with Gasteiger partial charge in [-0.2, -0.15) is 0 Å². The van der Waals surface area contributed by atoms with E-state index in [-0.39, 0.29) is 5.75 Å². The monoisotopic (exact) mass is 468 g/mol. The fourth-order valence-electron chi connectivity index (χ4n) is 3.57. The molecule has 0 aromatic heterocycles. The molecule has 4 aromatic carbocycles. The molecule has 0 fully saturated rings. The average Bonchev–Trinajstić information content (AvgIpc) is 2.89. The summed E-state index contributed by atoms with van der Waals surface area (Å²) in [6.45, 7) is 2.03. The molecule has 0 aliphatic rings. The number of aryl methyl sites for hydroxylation is 1. The Hall–Kier alpha value is -4.58. The van der Waals surface area contributed by atoms with Crippen molar-refractivity contribution in [2.75, 3.05) is 7.11 Å². The van der Waals surface area contributed by atoms with E-state index in [4.69, 9.17) is 14.2 Å². The number of aromatic hydroxyl groups is 1. The van der Waals surface area contributed by atoms with Gasteiger partial charge in [-0.15, -0.1) is 0 Å². The second-order valence-corrected chi connectivity index (χ2v) is 7.75. The highest BCUT2D eigenvalue weighted by atomic mass is 16.5. The normalized spacial score (nSPS) is 10.5. The summed E-state index contributed by atoms with van der Waals surface area (Å²) in [6, 6.07) is 25.3. The van der Waals surface area contributed by atoms with Crippen molar-refractivity contribution >= 4 is 11.9 Å². The molecule has 35 heavy (non-hydrogen) atoms. The van der Waals surface area contributed by atoms with Gasteiger partial charge >= 0.3 is 11.9 Å². The summed E-state index contributed by atoms with van der Waals surface area (Å²) in [7, 11) is 1.57. The van der Waals surface area contributed by atoms with Gasteiger partial charge < -0.3 is 19.3 Å². The lowest BCUT2D eigenvalue weighted by Gasteiger charge is -2.12. The first-order valence-corrected chi connectivity index (χ1v) is 11.1. The lowest BCUT2D eigenvalue weighted by Crippen LogP contribution is -2.08. The summed E-state index contributed by atoms with van der Waals surface area (Å²) in [4.78, 5) is 24.8. The Balaban J connectivity index is 1.47. The van der Waals surface area contributed by atoms with Crippen LogP contribution in [0.3, 0.4) is 0 Å². The molecule has 176 valence electrons. The van der Waals surface area contributed by atoms with Crippen LogP contribution in [0.2, 0.25) is 0 Å². The summed E-state index contributed by atoms with van der Waals surface area (Å²) in [5, 5.41) is 9.36. The molecule has 0 saturated carbocycles. The van der Waals surface area contributed by atoms with Gasteiger partial charge in [-0.25, -0.2) is 9.59 Å². The van der Waals surface area contributed by atoms with Crippen molar-refractivity contribution in [1.29, 1.82) is 0 Å². The third-order valence-electron chi connectivity index (χ3n) is 5.47. The molecule has 0 spiro atoms. The zero-order valence-electron chi connectivity index (χ0n) is 19.4. The van der Waals surface area contributed by atoms with Gasteiger partial charge in [0, 0.05) is 0 Å². The third kappa shape index (κ3) is 5.68. The SMILES string of the molecule is CCc1cc(OC(=O)c2ccc(OC)cc2)ccc1-c1ccc(OC(=O)c2ccc(O)cc2)cc1. The molecule has 0 saturated heterocycles. The van der Waals surface area contributed by atoms with Crippen LogP contribution in [0.5, 0.6) is 23.0 Å². The van der Waals surface area contributed by atoms with E-state index < -0.39 is 11.9 Å². The number of hydrogen-bond donors (Lipinski definition) is 1. The molecule has 1 N–H and O–H groups in total. The van der Waals surface area contributed by atoms with E-state index in [1.54, 1.807) is 49.6 Å². The van der Waals surface area contributed by atoms with Gasteiger partial charge in [0.15, 0.2) is 0 Å². The first-order chi connectivity index (χ1) is 17.0. The van der Waals surface area contributed by atoms with Crippen LogP contribution in [0.15, 0.2) is 91.0 Å². The molecular formula is C29H24O6. The molecule has 0 aliphatic heterocycles. The van der Waals surface area contributed by atoms with Crippen molar-refractivity contribution in [1.82, 2.24) is 0 Å². The smallest absolute Gasteiger partial charge is 0.343 e. The number of hydrogen-bond acceptors (Lipinski definition) is 6. The van der Waals surface area contributed by atoms with Gasteiger partial charge in [0.05, 0.1) is 18.2 Å². The van der Waals surface area contributed by atoms with Crippen molar-refractivity contribution in [3.63, 3.8) is 0 Å². The van der Waals surface area contributed by atoms with E-state index in [1.807, 2.05) is 31.2 Å². The Kier molecular flexibility index (Phi) is 7.12. The van der Waals surface area contributed by atoms with Gasteiger partial charge in [-0.05, 0) is 95.9 Å². The molecule has 0 radical (unpaired) electrons. The summed E-state index contributed by atoms with van der Waals surface area (Å²) < 4.78 is 16.1. The number of methoxy groups -OCH3 is 1.